The Morgan fingerprint density at radius 2 is 1.86 bits per heavy atom. The number of anilines is 1. The Kier molecular flexibility index (Phi) is 4.23. The number of benzene rings is 2. The van der Waals surface area contributed by atoms with Crippen molar-refractivity contribution in [3.63, 3.8) is 0 Å². The summed E-state index contributed by atoms with van der Waals surface area (Å²) in [5.41, 5.74) is 9.44. The third-order valence-electron chi connectivity index (χ3n) is 3.29. The molecule has 2 rings (SSSR count). The van der Waals surface area contributed by atoms with Crippen molar-refractivity contribution in [1.82, 2.24) is 0 Å². The maximum atomic E-state index is 12.2. The molecular formula is C16H17N3O2. The molecule has 0 spiro atoms. The minimum atomic E-state index is -0.199. The van der Waals surface area contributed by atoms with Crippen LogP contribution in [-0.2, 0) is 0 Å². The Bertz CT molecular complexity index is 708. The second kappa shape index (κ2) is 6.09. The minimum absolute atomic E-state index is 0.00252. The van der Waals surface area contributed by atoms with Crippen LogP contribution in [0.5, 0.6) is 0 Å². The number of carbonyl (C=O) groups excluding carboxylic acids is 1. The van der Waals surface area contributed by atoms with Crippen LogP contribution in [0.25, 0.3) is 0 Å². The zero-order valence-corrected chi connectivity index (χ0v) is 11.9. The molecule has 0 bridgehead atoms. The van der Waals surface area contributed by atoms with E-state index in [1.165, 1.54) is 0 Å². The van der Waals surface area contributed by atoms with Crippen LogP contribution in [0.1, 0.15) is 27.0 Å². The highest BCUT2D eigenvalue weighted by Gasteiger charge is 2.08. The number of amidine groups is 1. The van der Waals surface area contributed by atoms with Crippen molar-refractivity contribution in [1.29, 1.82) is 0 Å². The highest BCUT2D eigenvalue weighted by atomic mass is 16.4. The molecule has 5 heteroatoms. The van der Waals surface area contributed by atoms with Gasteiger partial charge in [0.2, 0.25) is 0 Å². The molecule has 2 aromatic rings. The maximum absolute atomic E-state index is 12.2. The van der Waals surface area contributed by atoms with Crippen molar-refractivity contribution in [3.05, 3.63) is 64.7 Å². The molecule has 0 heterocycles. The largest absolute Gasteiger partial charge is 0.409 e. The molecule has 21 heavy (non-hydrogen) atoms. The summed E-state index contributed by atoms with van der Waals surface area (Å²) in [7, 11) is 0. The van der Waals surface area contributed by atoms with Crippen LogP contribution in [0, 0.1) is 13.8 Å². The SMILES string of the molecule is Cc1ccc(C(=O)Nc2cccc(/C(N)=N/O)c2)cc1C. The number of amides is 1. The molecule has 0 saturated carbocycles. The summed E-state index contributed by atoms with van der Waals surface area (Å²) in [6.07, 6.45) is 0. The van der Waals surface area contributed by atoms with Crippen molar-refractivity contribution in [2.24, 2.45) is 10.9 Å². The van der Waals surface area contributed by atoms with Crippen LogP contribution >= 0.6 is 0 Å². The third-order valence-corrected chi connectivity index (χ3v) is 3.29. The lowest BCUT2D eigenvalue weighted by atomic mass is 10.1. The lowest BCUT2D eigenvalue weighted by Crippen LogP contribution is -2.15. The van der Waals surface area contributed by atoms with Gasteiger partial charge >= 0.3 is 0 Å². The number of oxime groups is 1. The van der Waals surface area contributed by atoms with Crippen LogP contribution in [-0.4, -0.2) is 17.0 Å². The predicted octanol–water partition coefficient (Wildman–Crippen LogP) is 2.65. The van der Waals surface area contributed by atoms with Crippen LogP contribution in [0.15, 0.2) is 47.6 Å². The number of nitrogens with zero attached hydrogens (tertiary/aromatic N) is 1. The van der Waals surface area contributed by atoms with Gasteiger partial charge in [0, 0.05) is 16.8 Å². The minimum Gasteiger partial charge on any atom is -0.409 e. The van der Waals surface area contributed by atoms with Gasteiger partial charge in [-0.25, -0.2) is 0 Å². The van der Waals surface area contributed by atoms with Crippen LogP contribution in [0.2, 0.25) is 0 Å². The van der Waals surface area contributed by atoms with E-state index in [2.05, 4.69) is 10.5 Å². The summed E-state index contributed by atoms with van der Waals surface area (Å²) in [5.74, 6) is -0.202. The van der Waals surface area contributed by atoms with E-state index in [-0.39, 0.29) is 11.7 Å². The van der Waals surface area contributed by atoms with Gasteiger partial charge in [0.1, 0.15) is 0 Å². The van der Waals surface area contributed by atoms with Gasteiger partial charge in [-0.1, -0.05) is 23.4 Å². The van der Waals surface area contributed by atoms with Gasteiger partial charge in [-0.3, -0.25) is 4.79 Å². The lowest BCUT2D eigenvalue weighted by Gasteiger charge is -2.08. The predicted molar refractivity (Wildman–Crippen MR) is 82.8 cm³/mol. The molecule has 0 unspecified atom stereocenters. The van der Waals surface area contributed by atoms with E-state index in [0.29, 0.717) is 16.8 Å². The second-order valence-corrected chi connectivity index (χ2v) is 4.82. The van der Waals surface area contributed by atoms with Gasteiger partial charge in [-0.05, 0) is 49.2 Å². The maximum Gasteiger partial charge on any atom is 0.255 e. The summed E-state index contributed by atoms with van der Waals surface area (Å²) in [6.45, 7) is 3.96. The molecule has 0 aliphatic heterocycles. The number of rotatable bonds is 3. The molecule has 0 aliphatic carbocycles. The van der Waals surface area contributed by atoms with Crippen molar-refractivity contribution in [2.45, 2.75) is 13.8 Å². The number of hydrogen-bond acceptors (Lipinski definition) is 3. The topological polar surface area (TPSA) is 87.7 Å². The average molecular weight is 283 g/mol. The van der Waals surface area contributed by atoms with E-state index in [1.807, 2.05) is 26.0 Å². The fourth-order valence-corrected chi connectivity index (χ4v) is 1.90. The summed E-state index contributed by atoms with van der Waals surface area (Å²) < 4.78 is 0. The Morgan fingerprint density at radius 1 is 1.10 bits per heavy atom. The smallest absolute Gasteiger partial charge is 0.255 e. The van der Waals surface area contributed by atoms with Crippen molar-refractivity contribution >= 4 is 17.4 Å². The molecule has 1 amide bonds. The zero-order chi connectivity index (χ0) is 15.4. The van der Waals surface area contributed by atoms with Gasteiger partial charge in [0.05, 0.1) is 0 Å². The van der Waals surface area contributed by atoms with Crippen molar-refractivity contribution in [3.8, 4) is 0 Å². The van der Waals surface area contributed by atoms with E-state index in [9.17, 15) is 4.79 Å². The normalized spacial score (nSPS) is 11.2. The molecule has 0 radical (unpaired) electrons. The quantitative estimate of drug-likeness (QED) is 0.350. The van der Waals surface area contributed by atoms with Gasteiger partial charge in [-0.15, -0.1) is 0 Å². The number of nitrogens with two attached hydrogens (primary N) is 1. The molecule has 5 nitrogen and oxygen atoms in total. The molecule has 0 aromatic heterocycles. The Morgan fingerprint density at radius 3 is 2.52 bits per heavy atom. The van der Waals surface area contributed by atoms with Crippen molar-refractivity contribution < 1.29 is 10.0 Å². The summed E-state index contributed by atoms with van der Waals surface area (Å²) >= 11 is 0. The highest BCUT2D eigenvalue weighted by molar-refractivity contribution is 6.05. The first-order valence-corrected chi connectivity index (χ1v) is 6.48. The molecule has 0 aliphatic rings. The molecule has 0 atom stereocenters. The van der Waals surface area contributed by atoms with E-state index >= 15 is 0 Å². The second-order valence-electron chi connectivity index (χ2n) is 4.82. The third kappa shape index (κ3) is 3.39. The molecule has 0 fully saturated rings. The standard InChI is InChI=1S/C16H17N3O2/c1-10-6-7-13(8-11(10)2)16(20)18-14-5-3-4-12(9-14)15(17)19-21/h3-9,21H,1-2H3,(H2,17,19)(H,18,20). The summed E-state index contributed by atoms with van der Waals surface area (Å²) in [6, 6.07) is 12.4. The van der Waals surface area contributed by atoms with Gasteiger partial charge in [0.25, 0.3) is 5.91 Å². The van der Waals surface area contributed by atoms with E-state index < -0.39 is 0 Å². The molecule has 2 aromatic carbocycles. The summed E-state index contributed by atoms with van der Waals surface area (Å²) in [4.78, 5) is 12.2. The number of nitrogens with one attached hydrogen (secondary N) is 1. The van der Waals surface area contributed by atoms with Crippen molar-refractivity contribution in [2.75, 3.05) is 5.32 Å². The lowest BCUT2D eigenvalue weighted by molar-refractivity contribution is 0.102. The highest BCUT2D eigenvalue weighted by Crippen LogP contribution is 2.14. The number of carbonyl (C=O) groups is 1. The monoisotopic (exact) mass is 283 g/mol. The Hall–Kier alpha value is -2.82. The van der Waals surface area contributed by atoms with Crippen LogP contribution in [0.4, 0.5) is 5.69 Å². The van der Waals surface area contributed by atoms with E-state index in [4.69, 9.17) is 10.9 Å². The first-order valence-electron chi connectivity index (χ1n) is 6.48. The molecule has 108 valence electrons. The zero-order valence-electron chi connectivity index (χ0n) is 11.9. The van der Waals surface area contributed by atoms with Crippen LogP contribution < -0.4 is 11.1 Å². The fraction of sp³-hybridized carbons (Fsp3) is 0.125. The van der Waals surface area contributed by atoms with E-state index in [0.717, 1.165) is 11.1 Å². The molecule has 4 N–H and O–H groups in total. The average Bonchev–Trinajstić information content (AvgIpc) is 2.49. The number of hydrogen-bond donors (Lipinski definition) is 3. The Labute approximate surface area is 123 Å². The van der Waals surface area contributed by atoms with Gasteiger partial charge in [-0.2, -0.15) is 0 Å². The van der Waals surface area contributed by atoms with Gasteiger partial charge in [0.15, 0.2) is 5.84 Å². The molecule has 0 saturated heterocycles. The van der Waals surface area contributed by atoms with E-state index in [1.54, 1.807) is 30.3 Å². The number of aryl methyl sites for hydroxylation is 2. The van der Waals surface area contributed by atoms with Crippen LogP contribution in [0.3, 0.4) is 0 Å². The molecular weight excluding hydrogens is 266 g/mol. The first kappa shape index (κ1) is 14.6. The van der Waals surface area contributed by atoms with Gasteiger partial charge < -0.3 is 16.3 Å². The fourth-order valence-electron chi connectivity index (χ4n) is 1.90. The first-order chi connectivity index (χ1) is 10.0. The Balaban J connectivity index is 2.21. The summed E-state index contributed by atoms with van der Waals surface area (Å²) in [5, 5.41) is 14.4.